The number of esters is 1. The average Bonchev–Trinajstić information content (AvgIpc) is 2.85. The number of hydrogen-bond acceptors (Lipinski definition) is 3. The van der Waals surface area contributed by atoms with Gasteiger partial charge >= 0.3 is 5.97 Å². The zero-order valence-electron chi connectivity index (χ0n) is 11.0. The minimum atomic E-state index is -0.496. The molecular weight excluding hydrogens is 389 g/mol. The first-order valence-electron chi connectivity index (χ1n) is 6.26. The molecule has 0 aromatic heterocycles. The van der Waals surface area contributed by atoms with Crippen LogP contribution in [0.1, 0.15) is 11.1 Å². The molecule has 1 aliphatic rings. The maximum absolute atomic E-state index is 11.9. The van der Waals surface area contributed by atoms with E-state index >= 15 is 0 Å². The molecule has 2 aromatic rings. The molecule has 0 saturated carbocycles. The van der Waals surface area contributed by atoms with Crippen molar-refractivity contribution in [1.82, 2.24) is 0 Å². The second kappa shape index (κ2) is 6.24. The number of ether oxygens (including phenoxy) is 1. The van der Waals surface area contributed by atoms with E-state index in [0.29, 0.717) is 10.0 Å². The zero-order chi connectivity index (χ0) is 15.7. The van der Waals surface area contributed by atoms with Gasteiger partial charge in [-0.25, -0.2) is 9.79 Å². The van der Waals surface area contributed by atoms with Gasteiger partial charge in [0.1, 0.15) is 0 Å². The SMILES string of the molecule is O=C1OC(c2ccc(Br)cc2)=N/C1=C\c1ccc(Cl)c(Cl)c1. The molecule has 1 aliphatic heterocycles. The molecule has 0 unspecified atom stereocenters. The van der Waals surface area contributed by atoms with Crippen LogP contribution in [0.4, 0.5) is 0 Å². The van der Waals surface area contributed by atoms with Gasteiger partial charge < -0.3 is 4.74 Å². The second-order valence-electron chi connectivity index (χ2n) is 4.52. The van der Waals surface area contributed by atoms with Gasteiger partial charge in [0.15, 0.2) is 5.70 Å². The lowest BCUT2D eigenvalue weighted by atomic mass is 10.2. The third-order valence-electron chi connectivity index (χ3n) is 2.96. The number of carbonyl (C=O) groups excluding carboxylic acids is 1. The van der Waals surface area contributed by atoms with Gasteiger partial charge in [-0.15, -0.1) is 0 Å². The summed E-state index contributed by atoms with van der Waals surface area (Å²) in [7, 11) is 0. The molecule has 0 N–H and O–H groups in total. The molecule has 0 spiro atoms. The van der Waals surface area contributed by atoms with Crippen molar-refractivity contribution in [1.29, 1.82) is 0 Å². The summed E-state index contributed by atoms with van der Waals surface area (Å²) in [6.45, 7) is 0. The molecule has 0 radical (unpaired) electrons. The van der Waals surface area contributed by atoms with Crippen LogP contribution >= 0.6 is 39.1 Å². The summed E-state index contributed by atoms with van der Waals surface area (Å²) in [5.41, 5.74) is 1.67. The Balaban J connectivity index is 1.93. The number of halogens is 3. The van der Waals surface area contributed by atoms with Crippen LogP contribution in [0.5, 0.6) is 0 Å². The Morgan fingerprint density at radius 3 is 2.45 bits per heavy atom. The van der Waals surface area contributed by atoms with Crippen molar-refractivity contribution >= 4 is 57.1 Å². The molecule has 0 fully saturated rings. The first-order valence-corrected chi connectivity index (χ1v) is 7.81. The van der Waals surface area contributed by atoms with E-state index in [9.17, 15) is 4.79 Å². The maximum Gasteiger partial charge on any atom is 0.363 e. The van der Waals surface area contributed by atoms with E-state index in [1.807, 2.05) is 24.3 Å². The number of aliphatic imine (C=N–C) groups is 1. The first-order chi connectivity index (χ1) is 10.5. The Kier molecular flexibility index (Phi) is 4.34. The number of nitrogens with zero attached hydrogens (tertiary/aromatic N) is 1. The van der Waals surface area contributed by atoms with Crippen LogP contribution in [-0.4, -0.2) is 11.9 Å². The predicted octanol–water partition coefficient (Wildman–Crippen LogP) is 5.10. The topological polar surface area (TPSA) is 38.7 Å². The zero-order valence-corrected chi connectivity index (χ0v) is 14.1. The monoisotopic (exact) mass is 395 g/mol. The van der Waals surface area contributed by atoms with Gasteiger partial charge in [-0.2, -0.15) is 0 Å². The summed E-state index contributed by atoms with van der Waals surface area (Å²) in [5, 5.41) is 0.872. The smallest absolute Gasteiger partial charge is 0.363 e. The molecular formula is C16H8BrCl2NO2. The van der Waals surface area contributed by atoms with Crippen LogP contribution in [-0.2, 0) is 9.53 Å². The van der Waals surface area contributed by atoms with E-state index in [1.54, 1.807) is 24.3 Å². The lowest BCUT2D eigenvalue weighted by molar-refractivity contribution is -0.129. The minimum absolute atomic E-state index is 0.219. The van der Waals surface area contributed by atoms with E-state index in [-0.39, 0.29) is 11.6 Å². The highest BCUT2D eigenvalue weighted by Gasteiger charge is 2.24. The predicted molar refractivity (Wildman–Crippen MR) is 91.2 cm³/mol. The number of rotatable bonds is 2. The van der Waals surface area contributed by atoms with Crippen molar-refractivity contribution in [2.75, 3.05) is 0 Å². The first kappa shape index (κ1) is 15.3. The van der Waals surface area contributed by atoms with Crippen LogP contribution in [0.2, 0.25) is 10.0 Å². The molecule has 22 heavy (non-hydrogen) atoms. The van der Waals surface area contributed by atoms with E-state index in [4.69, 9.17) is 27.9 Å². The van der Waals surface area contributed by atoms with Crippen LogP contribution < -0.4 is 0 Å². The van der Waals surface area contributed by atoms with Gasteiger partial charge in [-0.3, -0.25) is 0 Å². The standard InChI is InChI=1S/C16H8BrCl2NO2/c17-11-4-2-10(3-5-11)15-20-14(16(21)22-15)8-9-1-6-12(18)13(19)7-9/h1-8H/b14-8-. The fourth-order valence-corrected chi connectivity index (χ4v) is 2.46. The number of cyclic esters (lactones) is 1. The molecule has 110 valence electrons. The molecule has 3 rings (SSSR count). The van der Waals surface area contributed by atoms with Crippen molar-refractivity contribution in [2.45, 2.75) is 0 Å². The Hall–Kier alpha value is -1.62. The van der Waals surface area contributed by atoms with Gasteiger partial charge in [0.2, 0.25) is 5.90 Å². The molecule has 2 aromatic carbocycles. The summed E-state index contributed by atoms with van der Waals surface area (Å²) < 4.78 is 6.13. The highest BCUT2D eigenvalue weighted by Crippen LogP contribution is 2.25. The van der Waals surface area contributed by atoms with Gasteiger partial charge in [0.05, 0.1) is 10.0 Å². The van der Waals surface area contributed by atoms with Crippen LogP contribution in [0.25, 0.3) is 6.08 Å². The van der Waals surface area contributed by atoms with Gasteiger partial charge in [-0.05, 0) is 48.0 Å². The summed E-state index contributed by atoms with van der Waals surface area (Å²) >= 11 is 15.2. The third kappa shape index (κ3) is 3.24. The third-order valence-corrected chi connectivity index (χ3v) is 4.23. The van der Waals surface area contributed by atoms with Crippen molar-refractivity contribution in [3.8, 4) is 0 Å². The molecule has 0 atom stereocenters. The number of hydrogen-bond donors (Lipinski definition) is 0. The Labute approximate surface area is 145 Å². The lowest BCUT2D eigenvalue weighted by Crippen LogP contribution is -2.05. The Morgan fingerprint density at radius 1 is 1.05 bits per heavy atom. The van der Waals surface area contributed by atoms with Crippen molar-refractivity contribution < 1.29 is 9.53 Å². The largest absolute Gasteiger partial charge is 0.402 e. The van der Waals surface area contributed by atoms with Crippen LogP contribution in [0.3, 0.4) is 0 Å². The van der Waals surface area contributed by atoms with Crippen LogP contribution in [0.15, 0.2) is 57.6 Å². The highest BCUT2D eigenvalue weighted by molar-refractivity contribution is 9.10. The van der Waals surface area contributed by atoms with Gasteiger partial charge in [0.25, 0.3) is 0 Å². The summed E-state index contributed by atoms with van der Waals surface area (Å²) in [6.07, 6.45) is 1.61. The van der Waals surface area contributed by atoms with E-state index < -0.39 is 5.97 Å². The fraction of sp³-hybridized carbons (Fsp3) is 0. The van der Waals surface area contributed by atoms with E-state index in [1.165, 1.54) is 0 Å². The lowest BCUT2D eigenvalue weighted by Gasteiger charge is -1.98. The molecule has 0 amide bonds. The quantitative estimate of drug-likeness (QED) is 0.523. The fourth-order valence-electron chi connectivity index (χ4n) is 1.89. The molecule has 0 aliphatic carbocycles. The second-order valence-corrected chi connectivity index (χ2v) is 6.25. The summed E-state index contributed by atoms with van der Waals surface area (Å²) in [6, 6.07) is 12.4. The van der Waals surface area contributed by atoms with Gasteiger partial charge in [0, 0.05) is 10.0 Å². The number of benzene rings is 2. The van der Waals surface area contributed by atoms with Crippen molar-refractivity contribution in [3.63, 3.8) is 0 Å². The summed E-state index contributed by atoms with van der Waals surface area (Å²) in [5.74, 6) is -0.215. The highest BCUT2D eigenvalue weighted by atomic mass is 79.9. The van der Waals surface area contributed by atoms with E-state index in [2.05, 4.69) is 20.9 Å². The normalized spacial score (nSPS) is 15.9. The molecule has 6 heteroatoms. The molecule has 3 nitrogen and oxygen atoms in total. The van der Waals surface area contributed by atoms with Gasteiger partial charge in [-0.1, -0.05) is 45.2 Å². The van der Waals surface area contributed by atoms with E-state index in [0.717, 1.165) is 15.6 Å². The van der Waals surface area contributed by atoms with Crippen LogP contribution in [0, 0.1) is 0 Å². The molecule has 1 heterocycles. The Bertz CT molecular complexity index is 813. The molecule has 0 bridgehead atoms. The average molecular weight is 397 g/mol. The van der Waals surface area contributed by atoms with Crippen molar-refractivity contribution in [2.24, 2.45) is 4.99 Å². The maximum atomic E-state index is 11.9. The van der Waals surface area contributed by atoms with Crippen molar-refractivity contribution in [3.05, 3.63) is 73.8 Å². The Morgan fingerprint density at radius 2 is 1.77 bits per heavy atom. The summed E-state index contributed by atoms with van der Waals surface area (Å²) in [4.78, 5) is 16.1. The number of carbonyl (C=O) groups is 1. The minimum Gasteiger partial charge on any atom is -0.402 e. The molecule has 0 saturated heterocycles.